The molecule has 0 aliphatic heterocycles. The summed E-state index contributed by atoms with van der Waals surface area (Å²) in [6, 6.07) is 6.10. The van der Waals surface area contributed by atoms with Crippen molar-refractivity contribution in [2.24, 2.45) is 0 Å². The molecule has 1 aromatic carbocycles. The second-order valence-electron chi connectivity index (χ2n) is 3.85. The first-order valence-electron chi connectivity index (χ1n) is 5.37. The van der Waals surface area contributed by atoms with Gasteiger partial charge in [0.15, 0.2) is 0 Å². The fourth-order valence-electron chi connectivity index (χ4n) is 1.53. The predicted octanol–water partition coefficient (Wildman–Crippen LogP) is 3.68. The topological polar surface area (TPSA) is 42.0 Å². The molecule has 0 aliphatic rings. The molecule has 0 unspecified atom stereocenters. The number of rotatable bonds is 2. The molecule has 1 amide bonds. The van der Waals surface area contributed by atoms with Gasteiger partial charge >= 0.3 is 0 Å². The molecule has 0 radical (unpaired) electrons. The Morgan fingerprint density at radius 2 is 2.00 bits per heavy atom. The second kappa shape index (κ2) is 5.44. The number of carbonyl (C=O) groups excluding carboxylic acids is 1. The molecule has 19 heavy (non-hydrogen) atoms. The number of hydrogen-bond donors (Lipinski definition) is 1. The molecule has 0 aliphatic carbocycles. The number of benzene rings is 1. The monoisotopic (exact) mass is 326 g/mol. The van der Waals surface area contributed by atoms with E-state index in [1.807, 2.05) is 0 Å². The van der Waals surface area contributed by atoms with Crippen LogP contribution in [0.25, 0.3) is 0 Å². The van der Waals surface area contributed by atoms with E-state index in [2.05, 4.69) is 26.2 Å². The van der Waals surface area contributed by atoms with Gasteiger partial charge in [0.1, 0.15) is 16.2 Å². The van der Waals surface area contributed by atoms with E-state index in [4.69, 9.17) is 0 Å². The zero-order chi connectivity index (χ0) is 14.0. The quantitative estimate of drug-likeness (QED) is 0.855. The molecule has 1 N–H and O–H groups in total. The van der Waals surface area contributed by atoms with E-state index in [9.17, 15) is 13.6 Å². The summed E-state index contributed by atoms with van der Waals surface area (Å²) < 4.78 is 26.8. The zero-order valence-corrected chi connectivity index (χ0v) is 11.5. The molecule has 2 rings (SSSR count). The smallest absolute Gasteiger partial charge is 0.258 e. The Hall–Kier alpha value is -1.82. The van der Waals surface area contributed by atoms with Crippen molar-refractivity contribution in [3.05, 3.63) is 57.8 Å². The molecule has 0 saturated carbocycles. The maximum Gasteiger partial charge on any atom is 0.258 e. The van der Waals surface area contributed by atoms with E-state index in [0.717, 1.165) is 12.1 Å². The van der Waals surface area contributed by atoms with Crippen LogP contribution in [0.4, 0.5) is 14.5 Å². The summed E-state index contributed by atoms with van der Waals surface area (Å²) in [5.74, 6) is -2.28. The van der Waals surface area contributed by atoms with Crippen molar-refractivity contribution in [3.8, 4) is 0 Å². The normalized spacial score (nSPS) is 10.3. The molecule has 0 fully saturated rings. The van der Waals surface area contributed by atoms with E-state index in [0.29, 0.717) is 22.1 Å². The lowest BCUT2D eigenvalue weighted by atomic mass is 10.2. The lowest BCUT2D eigenvalue weighted by Crippen LogP contribution is -2.15. The van der Waals surface area contributed by atoms with E-state index < -0.39 is 17.5 Å². The predicted molar refractivity (Wildman–Crippen MR) is 71.0 cm³/mol. The number of pyridine rings is 1. The minimum atomic E-state index is -0.903. The van der Waals surface area contributed by atoms with Crippen LogP contribution in [-0.4, -0.2) is 10.9 Å². The first kappa shape index (κ1) is 13.6. The van der Waals surface area contributed by atoms with Gasteiger partial charge in [-0.2, -0.15) is 0 Å². The van der Waals surface area contributed by atoms with Gasteiger partial charge < -0.3 is 5.32 Å². The highest BCUT2D eigenvalue weighted by Crippen LogP contribution is 2.18. The van der Waals surface area contributed by atoms with E-state index in [1.54, 1.807) is 19.1 Å². The van der Waals surface area contributed by atoms with Crippen LogP contribution in [0.3, 0.4) is 0 Å². The number of nitrogens with zero attached hydrogens (tertiary/aromatic N) is 1. The molecular weight excluding hydrogens is 318 g/mol. The number of anilines is 1. The van der Waals surface area contributed by atoms with Crippen LogP contribution in [0.2, 0.25) is 0 Å². The van der Waals surface area contributed by atoms with Gasteiger partial charge in [0.2, 0.25) is 0 Å². The van der Waals surface area contributed by atoms with Crippen LogP contribution in [0.1, 0.15) is 16.1 Å². The van der Waals surface area contributed by atoms with E-state index in [1.165, 1.54) is 0 Å². The van der Waals surface area contributed by atoms with Crippen molar-refractivity contribution in [1.29, 1.82) is 0 Å². The van der Waals surface area contributed by atoms with Gasteiger partial charge in [0.05, 0.1) is 16.9 Å². The molecule has 98 valence electrons. The highest BCUT2D eigenvalue weighted by molar-refractivity contribution is 9.10. The van der Waals surface area contributed by atoms with Crippen LogP contribution < -0.4 is 5.32 Å². The summed E-state index contributed by atoms with van der Waals surface area (Å²) in [5.41, 5.74) is 0.839. The third-order valence-electron chi connectivity index (χ3n) is 2.48. The van der Waals surface area contributed by atoms with Crippen LogP contribution in [0.15, 0.2) is 34.9 Å². The highest BCUT2D eigenvalue weighted by atomic mass is 79.9. The molecular formula is C13H9BrF2N2O. The third-order valence-corrected chi connectivity index (χ3v) is 2.92. The lowest BCUT2D eigenvalue weighted by Gasteiger charge is -2.08. The average Bonchev–Trinajstić information content (AvgIpc) is 2.32. The third kappa shape index (κ3) is 3.14. The number of hydrogen-bond acceptors (Lipinski definition) is 2. The standard InChI is InChI=1S/C13H9BrF2N2O/c1-7-11(4-5-12(14)17-7)18-13(19)9-3-2-8(15)6-10(9)16/h2-6H,1H3,(H,18,19). The Bertz CT molecular complexity index is 647. The van der Waals surface area contributed by atoms with Crippen molar-refractivity contribution in [1.82, 2.24) is 4.98 Å². The van der Waals surface area contributed by atoms with Gasteiger partial charge in [0, 0.05) is 6.07 Å². The SMILES string of the molecule is Cc1nc(Br)ccc1NC(=O)c1ccc(F)cc1F. The van der Waals surface area contributed by atoms with Gasteiger partial charge in [-0.15, -0.1) is 0 Å². The molecule has 6 heteroatoms. The molecule has 1 heterocycles. The summed E-state index contributed by atoms with van der Waals surface area (Å²) in [5, 5.41) is 2.53. The van der Waals surface area contributed by atoms with Gasteiger partial charge in [0.25, 0.3) is 5.91 Å². The minimum Gasteiger partial charge on any atom is -0.320 e. The zero-order valence-electron chi connectivity index (χ0n) is 9.88. The number of halogens is 3. The lowest BCUT2D eigenvalue weighted by molar-refractivity contribution is 0.102. The Morgan fingerprint density at radius 1 is 1.26 bits per heavy atom. The number of amides is 1. The highest BCUT2D eigenvalue weighted by Gasteiger charge is 2.13. The van der Waals surface area contributed by atoms with E-state index >= 15 is 0 Å². The van der Waals surface area contributed by atoms with Crippen LogP contribution in [0.5, 0.6) is 0 Å². The molecule has 0 spiro atoms. The average molecular weight is 327 g/mol. The number of aromatic nitrogens is 1. The van der Waals surface area contributed by atoms with Crippen molar-refractivity contribution in [2.45, 2.75) is 6.92 Å². The molecule has 0 bridgehead atoms. The number of carbonyl (C=O) groups is 1. The Labute approximate surface area is 116 Å². The molecule has 0 atom stereocenters. The van der Waals surface area contributed by atoms with Gasteiger partial charge in [-0.3, -0.25) is 4.79 Å². The van der Waals surface area contributed by atoms with Crippen LogP contribution in [0, 0.1) is 18.6 Å². The number of nitrogens with one attached hydrogen (secondary N) is 1. The van der Waals surface area contributed by atoms with Gasteiger partial charge in [-0.05, 0) is 47.1 Å². The molecule has 0 saturated heterocycles. The first-order chi connectivity index (χ1) is 8.97. The molecule has 2 aromatic rings. The second-order valence-corrected chi connectivity index (χ2v) is 4.66. The van der Waals surface area contributed by atoms with Crippen molar-refractivity contribution < 1.29 is 13.6 Å². The number of aryl methyl sites for hydroxylation is 1. The maximum absolute atomic E-state index is 13.4. The molecule has 3 nitrogen and oxygen atoms in total. The largest absolute Gasteiger partial charge is 0.320 e. The summed E-state index contributed by atoms with van der Waals surface area (Å²) in [7, 11) is 0. The Morgan fingerprint density at radius 3 is 2.63 bits per heavy atom. The maximum atomic E-state index is 13.4. The van der Waals surface area contributed by atoms with Crippen molar-refractivity contribution in [2.75, 3.05) is 5.32 Å². The van der Waals surface area contributed by atoms with Crippen LogP contribution >= 0.6 is 15.9 Å². The summed E-state index contributed by atoms with van der Waals surface area (Å²) in [4.78, 5) is 16.0. The summed E-state index contributed by atoms with van der Waals surface area (Å²) in [6.07, 6.45) is 0. The Balaban J connectivity index is 2.25. The first-order valence-corrected chi connectivity index (χ1v) is 6.16. The van der Waals surface area contributed by atoms with E-state index in [-0.39, 0.29) is 5.56 Å². The van der Waals surface area contributed by atoms with Gasteiger partial charge in [-0.25, -0.2) is 13.8 Å². The van der Waals surface area contributed by atoms with Gasteiger partial charge in [-0.1, -0.05) is 0 Å². The fraction of sp³-hybridized carbons (Fsp3) is 0.0769. The minimum absolute atomic E-state index is 0.219. The van der Waals surface area contributed by atoms with Crippen molar-refractivity contribution in [3.63, 3.8) is 0 Å². The molecule has 1 aromatic heterocycles. The fourth-order valence-corrected chi connectivity index (χ4v) is 1.92. The Kier molecular flexibility index (Phi) is 3.90. The summed E-state index contributed by atoms with van der Waals surface area (Å²) in [6.45, 7) is 1.71. The van der Waals surface area contributed by atoms with Crippen molar-refractivity contribution >= 4 is 27.5 Å². The summed E-state index contributed by atoms with van der Waals surface area (Å²) >= 11 is 3.20. The van der Waals surface area contributed by atoms with Crippen LogP contribution in [-0.2, 0) is 0 Å².